The summed E-state index contributed by atoms with van der Waals surface area (Å²) in [7, 11) is 0. The third-order valence-corrected chi connectivity index (χ3v) is 7.98. The maximum absolute atomic E-state index is 16.1. The van der Waals surface area contributed by atoms with Crippen LogP contribution >= 0.6 is 0 Å². The minimum absolute atomic E-state index is 0.0660. The van der Waals surface area contributed by atoms with Crippen LogP contribution in [0.5, 0.6) is 0 Å². The van der Waals surface area contributed by atoms with E-state index in [1.807, 2.05) is 32.0 Å². The largest absolute Gasteiger partial charge is 0.384 e. The fourth-order valence-corrected chi connectivity index (χ4v) is 6.35. The van der Waals surface area contributed by atoms with Gasteiger partial charge >= 0.3 is 0 Å². The number of carbonyl (C=O) groups is 1. The van der Waals surface area contributed by atoms with Crippen molar-refractivity contribution in [3.05, 3.63) is 59.7 Å². The molecule has 8 heteroatoms. The first-order chi connectivity index (χ1) is 19.7. The van der Waals surface area contributed by atoms with E-state index in [-0.39, 0.29) is 11.8 Å². The molecule has 1 aromatic carbocycles. The number of aromatic nitrogens is 2. The van der Waals surface area contributed by atoms with Gasteiger partial charge < -0.3 is 10.0 Å². The molecule has 2 unspecified atom stereocenters. The molecule has 1 saturated carbocycles. The average molecular weight is 578 g/mol. The predicted octanol–water partition coefficient (Wildman–Crippen LogP) is 7.37. The Morgan fingerprint density at radius 1 is 1.21 bits per heavy atom. The van der Waals surface area contributed by atoms with Gasteiger partial charge in [0.15, 0.2) is 5.82 Å². The molecule has 1 aliphatic carbocycles. The van der Waals surface area contributed by atoms with Crippen LogP contribution in [0.1, 0.15) is 103 Å². The van der Waals surface area contributed by atoms with Crippen LogP contribution in [0.25, 0.3) is 0 Å². The minimum Gasteiger partial charge on any atom is -0.384 e. The Morgan fingerprint density at radius 2 is 1.95 bits per heavy atom. The van der Waals surface area contributed by atoms with E-state index in [9.17, 15) is 15.2 Å². The molecule has 0 radical (unpaired) electrons. The summed E-state index contributed by atoms with van der Waals surface area (Å²) in [5.74, 6) is 0.259. The Kier molecular flexibility index (Phi) is 10.9. The van der Waals surface area contributed by atoms with E-state index >= 15 is 4.39 Å². The molecule has 3 rings (SSSR count). The van der Waals surface area contributed by atoms with Crippen molar-refractivity contribution >= 4 is 17.4 Å². The number of nitrogens with zero attached hydrogens (tertiary/aromatic N) is 5. The summed E-state index contributed by atoms with van der Waals surface area (Å²) in [4.78, 5) is 26.0. The molecule has 2 aromatic rings. The SMILES string of the molecule is CCC/C=C/N(C[C@]1(C)CC(CN(C(=O)CCC)c2cnc(C(C)(C)O)cn2)CC(C)(F)C1)c1cc(C#N)ccc1C. The number of benzene rings is 1. The second-order valence-corrected chi connectivity index (χ2v) is 13.2. The molecule has 0 aliphatic heterocycles. The molecular formula is C34H48FN5O2. The van der Waals surface area contributed by atoms with Gasteiger partial charge in [-0.15, -0.1) is 0 Å². The summed E-state index contributed by atoms with van der Waals surface area (Å²) in [6.07, 6.45) is 11.7. The van der Waals surface area contributed by atoms with Gasteiger partial charge in [-0.1, -0.05) is 39.3 Å². The number of halogens is 1. The van der Waals surface area contributed by atoms with Crippen LogP contribution in [0.2, 0.25) is 0 Å². The van der Waals surface area contributed by atoms with Crippen LogP contribution in [0.15, 0.2) is 42.9 Å². The third kappa shape index (κ3) is 8.84. The van der Waals surface area contributed by atoms with E-state index in [0.717, 1.165) is 30.5 Å². The molecule has 1 heterocycles. The number of hydrogen-bond donors (Lipinski definition) is 1. The number of nitriles is 1. The van der Waals surface area contributed by atoms with Gasteiger partial charge in [-0.25, -0.2) is 9.37 Å². The van der Waals surface area contributed by atoms with Gasteiger partial charge in [0.2, 0.25) is 5.91 Å². The first-order valence-corrected chi connectivity index (χ1v) is 15.2. The molecule has 0 saturated heterocycles. The lowest BCUT2D eigenvalue weighted by Crippen LogP contribution is -2.48. The van der Waals surface area contributed by atoms with Crippen LogP contribution < -0.4 is 9.80 Å². The summed E-state index contributed by atoms with van der Waals surface area (Å²) in [6, 6.07) is 7.94. The topological polar surface area (TPSA) is 93.3 Å². The van der Waals surface area contributed by atoms with E-state index in [0.29, 0.717) is 55.8 Å². The van der Waals surface area contributed by atoms with Gasteiger partial charge in [-0.2, -0.15) is 5.26 Å². The van der Waals surface area contributed by atoms with Gasteiger partial charge in [0.25, 0.3) is 0 Å². The molecule has 0 spiro atoms. The van der Waals surface area contributed by atoms with E-state index in [4.69, 9.17) is 0 Å². The molecule has 0 bridgehead atoms. The second-order valence-electron chi connectivity index (χ2n) is 13.2. The lowest BCUT2D eigenvalue weighted by molar-refractivity contribution is -0.119. The number of alkyl halides is 1. The normalized spacial score (nSPS) is 22.6. The van der Waals surface area contributed by atoms with Crippen molar-refractivity contribution in [2.45, 2.75) is 105 Å². The van der Waals surface area contributed by atoms with Crippen LogP contribution in [0.3, 0.4) is 0 Å². The Balaban J connectivity index is 1.93. The highest BCUT2D eigenvalue weighted by Crippen LogP contribution is 2.47. The quantitative estimate of drug-likeness (QED) is 0.283. The Morgan fingerprint density at radius 3 is 2.55 bits per heavy atom. The number of rotatable bonds is 12. The lowest BCUT2D eigenvalue weighted by atomic mass is 9.65. The summed E-state index contributed by atoms with van der Waals surface area (Å²) in [5.41, 5.74) is 0.0686. The summed E-state index contributed by atoms with van der Waals surface area (Å²) < 4.78 is 16.1. The van der Waals surface area contributed by atoms with Gasteiger partial charge in [-0.05, 0) is 88.8 Å². The van der Waals surface area contributed by atoms with Crippen molar-refractivity contribution in [3.63, 3.8) is 0 Å². The molecule has 42 heavy (non-hydrogen) atoms. The fraction of sp³-hybridized carbons (Fsp3) is 0.588. The molecule has 1 N–H and O–H groups in total. The molecule has 1 amide bonds. The zero-order chi connectivity index (χ0) is 31.1. The van der Waals surface area contributed by atoms with E-state index in [1.54, 1.807) is 25.7 Å². The summed E-state index contributed by atoms with van der Waals surface area (Å²) in [5, 5.41) is 19.9. The molecule has 1 fully saturated rings. The second kappa shape index (κ2) is 13.8. The van der Waals surface area contributed by atoms with Crippen LogP contribution in [0, 0.1) is 29.6 Å². The van der Waals surface area contributed by atoms with E-state index in [2.05, 4.69) is 47.1 Å². The van der Waals surface area contributed by atoms with Crippen LogP contribution in [-0.4, -0.2) is 39.7 Å². The first kappa shape index (κ1) is 33.2. The monoisotopic (exact) mass is 577 g/mol. The highest BCUT2D eigenvalue weighted by Gasteiger charge is 2.45. The van der Waals surface area contributed by atoms with E-state index in [1.165, 1.54) is 12.4 Å². The number of hydrogen-bond acceptors (Lipinski definition) is 6. The highest BCUT2D eigenvalue weighted by molar-refractivity contribution is 5.92. The Bertz CT molecular complexity index is 1280. The molecule has 228 valence electrons. The zero-order valence-electron chi connectivity index (χ0n) is 26.5. The first-order valence-electron chi connectivity index (χ1n) is 15.2. The number of anilines is 2. The van der Waals surface area contributed by atoms with Gasteiger partial charge in [0.1, 0.15) is 11.3 Å². The molecule has 7 nitrogen and oxygen atoms in total. The maximum atomic E-state index is 16.1. The molecule has 3 atom stereocenters. The number of amides is 1. The predicted molar refractivity (Wildman–Crippen MR) is 167 cm³/mol. The lowest BCUT2D eigenvalue weighted by Gasteiger charge is -2.47. The van der Waals surface area contributed by atoms with Crippen LogP contribution in [0.4, 0.5) is 15.9 Å². The van der Waals surface area contributed by atoms with Crippen molar-refractivity contribution < 1.29 is 14.3 Å². The number of carbonyl (C=O) groups excluding carboxylic acids is 1. The minimum atomic E-state index is -1.41. The number of aliphatic hydroxyl groups is 1. The number of unbranched alkanes of at least 4 members (excludes halogenated alkanes) is 1. The third-order valence-electron chi connectivity index (χ3n) is 7.98. The molecule has 1 aliphatic rings. The number of allylic oxidation sites excluding steroid dienone is 1. The standard InChI is InChI=1S/C34H48FN5O2/c1-8-10-11-15-39(28-16-26(19-36)14-13-25(28)3)24-33(6)17-27(18-34(7,35)23-33)22-40(31(41)12-9-2)30-21-37-29(20-38-30)32(4,5)42/h11,13-16,20-21,27,42H,8-10,12,17-18,22-24H2,1-7H3/b15-11+/t27?,33-,34?/m1/s1. The van der Waals surface area contributed by atoms with Crippen molar-refractivity contribution in [2.75, 3.05) is 22.9 Å². The average Bonchev–Trinajstić information content (AvgIpc) is 2.90. The summed E-state index contributed by atoms with van der Waals surface area (Å²) >= 11 is 0. The van der Waals surface area contributed by atoms with E-state index < -0.39 is 16.7 Å². The number of aryl methyl sites for hydroxylation is 1. The Labute approximate surface area is 251 Å². The van der Waals surface area contributed by atoms with Crippen LogP contribution in [-0.2, 0) is 10.4 Å². The maximum Gasteiger partial charge on any atom is 0.228 e. The van der Waals surface area contributed by atoms with Crippen molar-refractivity contribution in [2.24, 2.45) is 11.3 Å². The van der Waals surface area contributed by atoms with Crippen molar-refractivity contribution in [1.29, 1.82) is 5.26 Å². The Hall–Kier alpha value is -3.31. The van der Waals surface area contributed by atoms with Gasteiger partial charge in [0.05, 0.1) is 29.7 Å². The molecular weight excluding hydrogens is 529 g/mol. The molecule has 1 aromatic heterocycles. The smallest absolute Gasteiger partial charge is 0.228 e. The van der Waals surface area contributed by atoms with Crippen molar-refractivity contribution in [1.82, 2.24) is 9.97 Å². The fourth-order valence-electron chi connectivity index (χ4n) is 6.35. The highest BCUT2D eigenvalue weighted by atomic mass is 19.1. The van der Waals surface area contributed by atoms with Gasteiger partial charge in [-0.3, -0.25) is 14.7 Å². The van der Waals surface area contributed by atoms with Gasteiger partial charge in [0, 0.05) is 31.4 Å². The van der Waals surface area contributed by atoms with Crippen molar-refractivity contribution in [3.8, 4) is 6.07 Å². The summed E-state index contributed by atoms with van der Waals surface area (Å²) in [6.45, 7) is 14.1. The zero-order valence-corrected chi connectivity index (χ0v) is 26.5.